The largest absolute Gasteiger partial charge is 0.369 e. The van der Waals surface area contributed by atoms with E-state index in [9.17, 15) is 8.78 Å². The molecule has 0 radical (unpaired) electrons. The average Bonchev–Trinajstić information content (AvgIpc) is 2.51. The van der Waals surface area contributed by atoms with Gasteiger partial charge < -0.3 is 15.4 Å². The summed E-state index contributed by atoms with van der Waals surface area (Å²) in [6.45, 7) is 3.90. The Kier molecular flexibility index (Phi) is 4.26. The Labute approximate surface area is 126 Å². The minimum absolute atomic E-state index is 0.138. The summed E-state index contributed by atoms with van der Waals surface area (Å²) in [5.41, 5.74) is 1.18. The van der Waals surface area contributed by atoms with Crippen LogP contribution < -0.4 is 10.6 Å². The molecule has 22 heavy (non-hydrogen) atoms. The lowest BCUT2D eigenvalue weighted by Gasteiger charge is -2.23. The SMILES string of the molecule is Cc1nc(Nc2ccc(F)c(F)c2)cc([C@@H]2CNCCO2)n1. The van der Waals surface area contributed by atoms with Gasteiger partial charge in [0.05, 0.1) is 12.3 Å². The van der Waals surface area contributed by atoms with E-state index in [4.69, 9.17) is 4.74 Å². The molecule has 116 valence electrons. The van der Waals surface area contributed by atoms with Gasteiger partial charge in [0.15, 0.2) is 11.6 Å². The third-order valence-corrected chi connectivity index (χ3v) is 3.31. The molecule has 0 unspecified atom stereocenters. The number of nitrogens with one attached hydrogen (secondary N) is 2. The van der Waals surface area contributed by atoms with Crippen LogP contribution >= 0.6 is 0 Å². The first kappa shape index (κ1) is 14.8. The highest BCUT2D eigenvalue weighted by molar-refractivity contribution is 5.56. The first-order valence-corrected chi connectivity index (χ1v) is 7.02. The van der Waals surface area contributed by atoms with Gasteiger partial charge in [0.1, 0.15) is 17.7 Å². The summed E-state index contributed by atoms with van der Waals surface area (Å²) in [6.07, 6.45) is -0.138. The van der Waals surface area contributed by atoms with E-state index in [-0.39, 0.29) is 6.10 Å². The molecule has 2 N–H and O–H groups in total. The topological polar surface area (TPSA) is 59.1 Å². The maximum atomic E-state index is 13.3. The van der Waals surface area contributed by atoms with Crippen molar-refractivity contribution in [3.8, 4) is 0 Å². The first-order valence-electron chi connectivity index (χ1n) is 7.02. The molecule has 1 aliphatic rings. The first-order chi connectivity index (χ1) is 10.6. The van der Waals surface area contributed by atoms with E-state index >= 15 is 0 Å². The van der Waals surface area contributed by atoms with Gasteiger partial charge in [-0.3, -0.25) is 0 Å². The molecule has 1 fully saturated rings. The molecule has 5 nitrogen and oxygen atoms in total. The van der Waals surface area contributed by atoms with Gasteiger partial charge in [0, 0.05) is 30.9 Å². The Hall–Kier alpha value is -2.12. The number of morpholine rings is 1. The quantitative estimate of drug-likeness (QED) is 0.912. The molecule has 1 aromatic heterocycles. The molecule has 1 aliphatic heterocycles. The van der Waals surface area contributed by atoms with Crippen LogP contribution in [0.25, 0.3) is 0 Å². The van der Waals surface area contributed by atoms with Crippen molar-refractivity contribution in [1.82, 2.24) is 15.3 Å². The molecule has 0 bridgehead atoms. The molecule has 3 rings (SSSR count). The van der Waals surface area contributed by atoms with E-state index < -0.39 is 11.6 Å². The Balaban J connectivity index is 1.83. The lowest BCUT2D eigenvalue weighted by molar-refractivity contribution is 0.0249. The number of hydrogen-bond acceptors (Lipinski definition) is 5. The number of rotatable bonds is 3. The average molecular weight is 306 g/mol. The van der Waals surface area contributed by atoms with E-state index in [1.165, 1.54) is 6.07 Å². The number of anilines is 2. The zero-order valence-corrected chi connectivity index (χ0v) is 12.1. The van der Waals surface area contributed by atoms with Gasteiger partial charge in [-0.25, -0.2) is 18.7 Å². The Bertz CT molecular complexity index is 675. The second-order valence-corrected chi connectivity index (χ2v) is 5.04. The summed E-state index contributed by atoms with van der Waals surface area (Å²) in [6, 6.07) is 5.37. The molecular weight excluding hydrogens is 290 g/mol. The van der Waals surface area contributed by atoms with Crippen molar-refractivity contribution in [3.05, 3.63) is 47.4 Å². The molecule has 0 spiro atoms. The van der Waals surface area contributed by atoms with Crippen molar-refractivity contribution < 1.29 is 13.5 Å². The van der Waals surface area contributed by atoms with Crippen molar-refractivity contribution in [2.45, 2.75) is 13.0 Å². The maximum Gasteiger partial charge on any atom is 0.160 e. The zero-order chi connectivity index (χ0) is 15.5. The number of aromatic nitrogens is 2. The standard InChI is InChI=1S/C15H16F2N4O/c1-9-19-13(14-8-18-4-5-22-14)7-15(20-9)21-10-2-3-11(16)12(17)6-10/h2-3,6-7,14,18H,4-5,8H2,1H3,(H,19,20,21)/t14-/m0/s1. The molecule has 7 heteroatoms. The van der Waals surface area contributed by atoms with Crippen LogP contribution in [-0.2, 0) is 4.74 Å². The lowest BCUT2D eigenvalue weighted by Crippen LogP contribution is -2.33. The number of ether oxygens (including phenoxy) is 1. The number of halogens is 2. The lowest BCUT2D eigenvalue weighted by atomic mass is 10.2. The van der Waals surface area contributed by atoms with Crippen LogP contribution in [0.1, 0.15) is 17.6 Å². The minimum Gasteiger partial charge on any atom is -0.369 e. The smallest absolute Gasteiger partial charge is 0.160 e. The summed E-state index contributed by atoms with van der Waals surface area (Å²) in [4.78, 5) is 8.64. The highest BCUT2D eigenvalue weighted by atomic mass is 19.2. The predicted octanol–water partition coefficient (Wildman–Crippen LogP) is 2.47. The predicted molar refractivity (Wildman–Crippen MR) is 78.0 cm³/mol. The van der Waals surface area contributed by atoms with Crippen molar-refractivity contribution in [2.24, 2.45) is 0 Å². The highest BCUT2D eigenvalue weighted by Gasteiger charge is 2.18. The summed E-state index contributed by atoms with van der Waals surface area (Å²) < 4.78 is 31.9. The number of benzene rings is 1. The van der Waals surface area contributed by atoms with E-state index in [0.717, 1.165) is 24.4 Å². The van der Waals surface area contributed by atoms with Crippen LogP contribution in [-0.4, -0.2) is 29.7 Å². The van der Waals surface area contributed by atoms with E-state index in [1.54, 1.807) is 13.0 Å². The molecule has 1 saturated heterocycles. The molecule has 0 aliphatic carbocycles. The van der Waals surface area contributed by atoms with E-state index in [0.29, 0.717) is 30.5 Å². The van der Waals surface area contributed by atoms with Gasteiger partial charge in [-0.2, -0.15) is 0 Å². The van der Waals surface area contributed by atoms with Crippen LogP contribution in [0.5, 0.6) is 0 Å². The van der Waals surface area contributed by atoms with Crippen molar-refractivity contribution in [1.29, 1.82) is 0 Å². The fraction of sp³-hybridized carbons (Fsp3) is 0.333. The Morgan fingerprint density at radius 1 is 1.23 bits per heavy atom. The summed E-state index contributed by atoms with van der Waals surface area (Å²) >= 11 is 0. The molecule has 1 aromatic carbocycles. The van der Waals surface area contributed by atoms with Crippen LogP contribution in [0.3, 0.4) is 0 Å². The number of nitrogens with zero attached hydrogens (tertiary/aromatic N) is 2. The van der Waals surface area contributed by atoms with Crippen molar-refractivity contribution >= 4 is 11.5 Å². The van der Waals surface area contributed by atoms with Gasteiger partial charge >= 0.3 is 0 Å². The summed E-state index contributed by atoms with van der Waals surface area (Å²) in [5, 5.41) is 6.20. The highest BCUT2D eigenvalue weighted by Crippen LogP contribution is 2.22. The Morgan fingerprint density at radius 3 is 2.82 bits per heavy atom. The summed E-state index contributed by atoms with van der Waals surface area (Å²) in [5.74, 6) is -0.693. The fourth-order valence-electron chi connectivity index (χ4n) is 2.30. The number of hydrogen-bond donors (Lipinski definition) is 2. The molecule has 2 heterocycles. The van der Waals surface area contributed by atoms with Crippen LogP contribution in [0.2, 0.25) is 0 Å². The van der Waals surface area contributed by atoms with Crippen LogP contribution in [0.15, 0.2) is 24.3 Å². The van der Waals surface area contributed by atoms with Crippen LogP contribution in [0, 0.1) is 18.6 Å². The van der Waals surface area contributed by atoms with Gasteiger partial charge in [-0.05, 0) is 19.1 Å². The molecular formula is C15H16F2N4O. The second-order valence-electron chi connectivity index (χ2n) is 5.04. The molecule has 0 saturated carbocycles. The van der Waals surface area contributed by atoms with E-state index in [1.807, 2.05) is 0 Å². The van der Waals surface area contributed by atoms with Crippen molar-refractivity contribution in [3.63, 3.8) is 0 Å². The van der Waals surface area contributed by atoms with Gasteiger partial charge in [0.2, 0.25) is 0 Å². The molecule has 0 amide bonds. The van der Waals surface area contributed by atoms with Crippen molar-refractivity contribution in [2.75, 3.05) is 25.0 Å². The molecule has 2 aromatic rings. The second kappa shape index (κ2) is 6.33. The van der Waals surface area contributed by atoms with Gasteiger partial charge in [0.25, 0.3) is 0 Å². The van der Waals surface area contributed by atoms with E-state index in [2.05, 4.69) is 20.6 Å². The third kappa shape index (κ3) is 3.37. The maximum absolute atomic E-state index is 13.3. The number of aryl methyl sites for hydroxylation is 1. The Morgan fingerprint density at radius 2 is 2.09 bits per heavy atom. The normalized spacial score (nSPS) is 18.2. The zero-order valence-electron chi connectivity index (χ0n) is 12.1. The third-order valence-electron chi connectivity index (χ3n) is 3.31. The van der Waals surface area contributed by atoms with Gasteiger partial charge in [-0.1, -0.05) is 0 Å². The molecule has 1 atom stereocenters. The monoisotopic (exact) mass is 306 g/mol. The summed E-state index contributed by atoms with van der Waals surface area (Å²) in [7, 11) is 0. The minimum atomic E-state index is -0.907. The fourth-order valence-corrected chi connectivity index (χ4v) is 2.30. The van der Waals surface area contributed by atoms with Gasteiger partial charge in [-0.15, -0.1) is 0 Å². The van der Waals surface area contributed by atoms with Crippen LogP contribution in [0.4, 0.5) is 20.3 Å².